The molecular weight excluding hydrogens is 688 g/mol. The third kappa shape index (κ3) is 5.58. The Bertz CT molecular complexity index is 1920. The lowest BCUT2D eigenvalue weighted by molar-refractivity contribution is -0.277. The van der Waals surface area contributed by atoms with E-state index in [4.69, 9.17) is 23.7 Å². The molecule has 2 aromatic rings. The Labute approximate surface area is 295 Å². The first-order valence-corrected chi connectivity index (χ1v) is 16.2. The Kier molecular flexibility index (Phi) is 9.36. The molecule has 0 saturated carbocycles. The van der Waals surface area contributed by atoms with Crippen LogP contribution in [-0.2, 0) is 28.5 Å². The molecule has 1 fully saturated rings. The largest absolute Gasteiger partial charge is 0.504 e. The van der Waals surface area contributed by atoms with Gasteiger partial charge in [0.05, 0.1) is 17.2 Å². The summed E-state index contributed by atoms with van der Waals surface area (Å²) in [5.74, 6) is -6.64. The molecule has 0 spiro atoms. The molecule has 6 N–H and O–H groups in total. The molecule has 0 unspecified atom stereocenters. The van der Waals surface area contributed by atoms with Gasteiger partial charge < -0.3 is 54.3 Å². The molecule has 0 radical (unpaired) electrons. The van der Waals surface area contributed by atoms with E-state index < -0.39 is 123 Å². The zero-order valence-electron chi connectivity index (χ0n) is 28.2. The molecule has 52 heavy (non-hydrogen) atoms. The quantitative estimate of drug-likeness (QED) is 0.132. The summed E-state index contributed by atoms with van der Waals surface area (Å²) in [6, 6.07) is 10.2. The molecule has 0 bridgehead atoms. The first-order chi connectivity index (χ1) is 24.4. The van der Waals surface area contributed by atoms with Crippen LogP contribution < -0.4 is 4.74 Å². The topological polar surface area (TPSA) is 253 Å². The minimum Gasteiger partial charge on any atom is -0.504 e. The number of rotatable bonds is 6. The molecule has 3 aliphatic carbocycles. The van der Waals surface area contributed by atoms with Crippen molar-refractivity contribution in [3.05, 3.63) is 82.0 Å². The summed E-state index contributed by atoms with van der Waals surface area (Å²) in [6.07, 6.45) is -12.6. The number of ketones is 2. The van der Waals surface area contributed by atoms with E-state index in [0.29, 0.717) is 0 Å². The Morgan fingerprint density at radius 1 is 0.904 bits per heavy atom. The lowest BCUT2D eigenvalue weighted by Gasteiger charge is -2.58. The van der Waals surface area contributed by atoms with E-state index in [1.54, 1.807) is 18.2 Å². The third-order valence-corrected chi connectivity index (χ3v) is 9.78. The number of ether oxygens (including phenoxy) is 5. The van der Waals surface area contributed by atoms with Gasteiger partial charge in [-0.25, -0.2) is 4.79 Å². The average molecular weight is 725 g/mol. The Balaban J connectivity index is 1.38. The highest BCUT2D eigenvalue weighted by Crippen LogP contribution is 2.55. The maximum Gasteiger partial charge on any atom is 0.338 e. The zero-order valence-corrected chi connectivity index (χ0v) is 28.2. The Hall–Kier alpha value is -4.97. The highest BCUT2D eigenvalue weighted by molar-refractivity contribution is 6.29. The lowest BCUT2D eigenvalue weighted by atomic mass is 9.54. The number of hydrogen-bond acceptors (Lipinski definition) is 16. The van der Waals surface area contributed by atoms with E-state index in [0.717, 1.165) is 32.1 Å². The number of aliphatic hydroxyl groups excluding tert-OH is 3. The molecular formula is C36H36O16. The molecule has 2 aromatic carbocycles. The van der Waals surface area contributed by atoms with Crippen molar-refractivity contribution in [1.29, 1.82) is 0 Å². The van der Waals surface area contributed by atoms with Gasteiger partial charge in [0.25, 0.3) is 0 Å². The fraction of sp³-hybridized carbons (Fsp3) is 0.417. The number of aliphatic hydroxyl groups is 5. The Morgan fingerprint density at radius 2 is 1.56 bits per heavy atom. The maximum absolute atomic E-state index is 14.2. The predicted molar refractivity (Wildman–Crippen MR) is 172 cm³/mol. The van der Waals surface area contributed by atoms with Gasteiger partial charge in [-0.15, -0.1) is 0 Å². The number of phenols is 1. The summed E-state index contributed by atoms with van der Waals surface area (Å²) < 4.78 is 27.6. The van der Waals surface area contributed by atoms with Crippen LogP contribution >= 0.6 is 0 Å². The summed E-state index contributed by atoms with van der Waals surface area (Å²) in [5, 5.41) is 69.4. The van der Waals surface area contributed by atoms with Crippen LogP contribution in [0.4, 0.5) is 0 Å². The van der Waals surface area contributed by atoms with E-state index in [1.165, 1.54) is 26.0 Å². The smallest absolute Gasteiger partial charge is 0.338 e. The van der Waals surface area contributed by atoms with E-state index in [-0.39, 0.29) is 17.6 Å². The van der Waals surface area contributed by atoms with Crippen molar-refractivity contribution in [2.75, 3.05) is 0 Å². The van der Waals surface area contributed by atoms with Crippen molar-refractivity contribution in [3.63, 3.8) is 0 Å². The van der Waals surface area contributed by atoms with Gasteiger partial charge in [0.2, 0.25) is 6.29 Å². The molecule has 0 amide bonds. The van der Waals surface area contributed by atoms with Crippen LogP contribution in [0, 0.1) is 0 Å². The molecule has 1 aliphatic heterocycles. The van der Waals surface area contributed by atoms with Crippen molar-refractivity contribution in [2.24, 2.45) is 0 Å². The molecule has 10 atom stereocenters. The highest BCUT2D eigenvalue weighted by Gasteiger charge is 2.75. The fourth-order valence-electron chi connectivity index (χ4n) is 7.40. The summed E-state index contributed by atoms with van der Waals surface area (Å²) in [6.45, 7) is 4.66. The molecule has 276 valence electrons. The second-order valence-corrected chi connectivity index (χ2v) is 13.1. The van der Waals surface area contributed by atoms with E-state index in [2.05, 4.69) is 0 Å². The van der Waals surface area contributed by atoms with Gasteiger partial charge in [-0.1, -0.05) is 24.3 Å². The molecule has 6 rings (SSSR count). The number of esters is 3. The first-order valence-electron chi connectivity index (χ1n) is 16.2. The van der Waals surface area contributed by atoms with Gasteiger partial charge in [-0.3, -0.25) is 19.2 Å². The monoisotopic (exact) mass is 724 g/mol. The SMILES string of the molecule is CC(=O)O[C@@H]1C(C)=C[C@H](O)[C@@]2(O)C3=C(C(=O)c4c(ccc(O[C@H]5C[C@@H](OC(=O)c6ccccc6)[C@H](O)[C@@H](C)O5)c4O)C3=O)[C@H](O)[C@H](OC(C)=O)[C@@]12O. The number of Topliss-reactive ketones (excluding diaryl/α,β-unsaturated/α-hetero) is 2. The van der Waals surface area contributed by atoms with Crippen molar-refractivity contribution in [1.82, 2.24) is 0 Å². The van der Waals surface area contributed by atoms with Crippen LogP contribution in [0.3, 0.4) is 0 Å². The summed E-state index contributed by atoms with van der Waals surface area (Å²) in [7, 11) is 0. The Morgan fingerprint density at radius 3 is 2.19 bits per heavy atom. The minimum absolute atomic E-state index is 0.0402. The van der Waals surface area contributed by atoms with Crippen molar-refractivity contribution < 1.29 is 78.3 Å². The van der Waals surface area contributed by atoms with Gasteiger partial charge in [-0.05, 0) is 43.7 Å². The van der Waals surface area contributed by atoms with Gasteiger partial charge in [0, 0.05) is 37.0 Å². The molecule has 1 heterocycles. The molecule has 1 saturated heterocycles. The van der Waals surface area contributed by atoms with Crippen LogP contribution in [0.1, 0.15) is 65.2 Å². The van der Waals surface area contributed by atoms with Gasteiger partial charge in [-0.2, -0.15) is 0 Å². The summed E-state index contributed by atoms with van der Waals surface area (Å²) in [5.41, 5.74) is -9.31. The second kappa shape index (κ2) is 13.2. The van der Waals surface area contributed by atoms with E-state index in [1.807, 2.05) is 0 Å². The van der Waals surface area contributed by atoms with Crippen molar-refractivity contribution >= 4 is 29.5 Å². The van der Waals surface area contributed by atoms with Crippen molar-refractivity contribution in [2.45, 2.75) is 94.3 Å². The van der Waals surface area contributed by atoms with Gasteiger partial charge in [0.1, 0.15) is 24.4 Å². The van der Waals surface area contributed by atoms with Crippen molar-refractivity contribution in [3.8, 4) is 11.5 Å². The number of hydrogen-bond donors (Lipinski definition) is 6. The molecule has 0 aromatic heterocycles. The number of carbonyl (C=O) groups excluding carboxylic acids is 5. The molecule has 16 nitrogen and oxygen atoms in total. The number of benzene rings is 2. The fourth-order valence-corrected chi connectivity index (χ4v) is 7.40. The third-order valence-electron chi connectivity index (χ3n) is 9.78. The predicted octanol–water partition coefficient (Wildman–Crippen LogP) is 0.189. The summed E-state index contributed by atoms with van der Waals surface area (Å²) >= 11 is 0. The number of carbonyl (C=O) groups is 5. The zero-order chi connectivity index (χ0) is 38.0. The highest BCUT2D eigenvalue weighted by atomic mass is 16.7. The van der Waals surface area contributed by atoms with Crippen LogP contribution in [0.25, 0.3) is 0 Å². The van der Waals surface area contributed by atoms with Crippen LogP contribution in [0.5, 0.6) is 11.5 Å². The van der Waals surface area contributed by atoms with E-state index in [9.17, 15) is 54.6 Å². The number of fused-ring (bicyclic) bond motifs is 3. The van der Waals surface area contributed by atoms with Crippen LogP contribution in [-0.4, -0.2) is 120 Å². The second-order valence-electron chi connectivity index (χ2n) is 13.1. The van der Waals surface area contributed by atoms with Crippen LogP contribution in [0.2, 0.25) is 0 Å². The lowest BCUT2D eigenvalue weighted by Crippen LogP contribution is -2.80. The number of aromatic hydroxyl groups is 1. The van der Waals surface area contributed by atoms with Gasteiger partial charge in [0.15, 0.2) is 46.5 Å². The maximum atomic E-state index is 14.2. The minimum atomic E-state index is -3.23. The first kappa shape index (κ1) is 36.8. The molecule has 4 aliphatic rings. The normalized spacial score (nSPS) is 33.9. The van der Waals surface area contributed by atoms with Crippen LogP contribution in [0.15, 0.2) is 65.3 Å². The van der Waals surface area contributed by atoms with Gasteiger partial charge >= 0.3 is 17.9 Å². The molecule has 16 heteroatoms. The average Bonchev–Trinajstić information content (AvgIpc) is 3.08. The van der Waals surface area contributed by atoms with E-state index >= 15 is 0 Å². The standard InChI is InChI=1S/C36H36O16/c1-14-12-22(39)35(46)26-25(31(44)33(50-17(4)38)36(35,47)32(14)49-16(3)37)30(43)24-19(28(26)41)10-11-20(29(24)42)51-23-13-21(27(40)15(2)48-23)52-34(45)18-8-6-5-7-9-18/h5-12,15,21-23,27,31-33,39-40,42,44,46-47H,13H2,1-4H3/t15-,21-,22+,23+,27-,31+,32-,33+,35-,36+/m1/s1. The number of phenolic OH excluding ortho intramolecular Hbond substituents is 1. The summed E-state index contributed by atoms with van der Waals surface area (Å²) in [4.78, 5) is 65.6.